The number of halogens is 4. The second-order valence-corrected chi connectivity index (χ2v) is 6.28. The number of carbonyl (C=O) groups is 2. The SMILES string of the molecule is CC(=O)c1ccc(Cn2cc(NC(=O)/C=C/c3cccc(C(F)(F)F)c3F)cn2)o1. The van der Waals surface area contributed by atoms with Crippen molar-refractivity contribution in [3.05, 3.63) is 77.3 Å². The lowest BCUT2D eigenvalue weighted by atomic mass is 10.1. The Kier molecular flexibility index (Phi) is 5.86. The van der Waals surface area contributed by atoms with E-state index in [1.54, 1.807) is 12.1 Å². The summed E-state index contributed by atoms with van der Waals surface area (Å²) in [4.78, 5) is 23.2. The first-order valence-corrected chi connectivity index (χ1v) is 8.60. The maximum Gasteiger partial charge on any atom is 0.419 e. The number of alkyl halides is 3. The number of aromatic nitrogens is 2. The minimum absolute atomic E-state index is 0.210. The standard InChI is InChI=1S/C20H15F4N3O3/c1-12(28)17-7-6-15(30-17)11-27-10-14(9-25-27)26-18(29)8-5-13-3-2-4-16(19(13)21)20(22,23)24/h2-10H,11H2,1H3,(H,26,29)/b8-5+. The second kappa shape index (κ2) is 8.36. The van der Waals surface area contributed by atoms with Gasteiger partial charge in [0.05, 0.1) is 24.0 Å². The minimum Gasteiger partial charge on any atom is -0.456 e. The zero-order valence-corrected chi connectivity index (χ0v) is 15.5. The van der Waals surface area contributed by atoms with E-state index in [4.69, 9.17) is 4.42 Å². The van der Waals surface area contributed by atoms with Gasteiger partial charge in [-0.1, -0.05) is 12.1 Å². The number of benzene rings is 1. The number of ketones is 1. The zero-order chi connectivity index (χ0) is 21.9. The molecule has 0 saturated carbocycles. The molecular formula is C20H15F4N3O3. The van der Waals surface area contributed by atoms with E-state index in [2.05, 4.69) is 10.4 Å². The Morgan fingerprint density at radius 1 is 1.23 bits per heavy atom. The molecule has 0 fully saturated rings. The van der Waals surface area contributed by atoms with Crippen molar-refractivity contribution in [1.82, 2.24) is 9.78 Å². The Morgan fingerprint density at radius 3 is 2.67 bits per heavy atom. The van der Waals surface area contributed by atoms with Crippen LogP contribution in [0, 0.1) is 5.82 Å². The summed E-state index contributed by atoms with van der Waals surface area (Å²) < 4.78 is 59.0. The van der Waals surface area contributed by atoms with Crippen molar-refractivity contribution in [1.29, 1.82) is 0 Å². The lowest BCUT2D eigenvalue weighted by molar-refractivity contribution is -0.140. The highest BCUT2D eigenvalue weighted by Gasteiger charge is 2.34. The van der Waals surface area contributed by atoms with Crippen LogP contribution in [0.3, 0.4) is 0 Å². The summed E-state index contributed by atoms with van der Waals surface area (Å²) in [5.74, 6) is -1.63. The van der Waals surface area contributed by atoms with Gasteiger partial charge in [0.1, 0.15) is 11.6 Å². The largest absolute Gasteiger partial charge is 0.456 e. The van der Waals surface area contributed by atoms with Gasteiger partial charge in [0.2, 0.25) is 5.91 Å². The smallest absolute Gasteiger partial charge is 0.419 e. The molecule has 2 heterocycles. The van der Waals surface area contributed by atoms with Crippen molar-refractivity contribution in [2.45, 2.75) is 19.6 Å². The molecule has 10 heteroatoms. The van der Waals surface area contributed by atoms with E-state index in [9.17, 15) is 27.2 Å². The van der Waals surface area contributed by atoms with Gasteiger partial charge in [-0.3, -0.25) is 14.3 Å². The van der Waals surface area contributed by atoms with Crippen molar-refractivity contribution in [3.8, 4) is 0 Å². The van der Waals surface area contributed by atoms with Gasteiger partial charge in [-0.05, 0) is 24.3 Å². The fraction of sp³-hybridized carbons (Fsp3) is 0.150. The third kappa shape index (κ3) is 5.02. The van der Waals surface area contributed by atoms with Crippen LogP contribution in [0.25, 0.3) is 6.08 Å². The number of nitrogens with one attached hydrogen (secondary N) is 1. The number of rotatable bonds is 6. The summed E-state index contributed by atoms with van der Waals surface area (Å²) in [6.45, 7) is 1.59. The molecule has 30 heavy (non-hydrogen) atoms. The zero-order valence-electron chi connectivity index (χ0n) is 15.5. The summed E-state index contributed by atoms with van der Waals surface area (Å²) in [5, 5.41) is 6.51. The van der Waals surface area contributed by atoms with Crippen LogP contribution in [0.4, 0.5) is 23.2 Å². The molecule has 0 aliphatic heterocycles. The Morgan fingerprint density at radius 2 is 2.00 bits per heavy atom. The van der Waals surface area contributed by atoms with E-state index in [0.717, 1.165) is 24.3 Å². The van der Waals surface area contributed by atoms with E-state index in [1.807, 2.05) is 0 Å². The summed E-state index contributed by atoms with van der Waals surface area (Å²) >= 11 is 0. The van der Waals surface area contributed by atoms with Crippen molar-refractivity contribution in [2.75, 3.05) is 5.32 Å². The lowest BCUT2D eigenvalue weighted by Gasteiger charge is -2.09. The van der Waals surface area contributed by atoms with Crippen LogP contribution in [0.5, 0.6) is 0 Å². The molecule has 1 amide bonds. The van der Waals surface area contributed by atoms with Crippen LogP contribution in [0.1, 0.15) is 34.4 Å². The van der Waals surface area contributed by atoms with Crippen LogP contribution < -0.4 is 5.32 Å². The topological polar surface area (TPSA) is 77.1 Å². The van der Waals surface area contributed by atoms with E-state index in [1.165, 1.54) is 24.0 Å². The average Bonchev–Trinajstić information content (AvgIpc) is 3.30. The molecule has 0 atom stereocenters. The van der Waals surface area contributed by atoms with Crippen molar-refractivity contribution < 1.29 is 31.6 Å². The van der Waals surface area contributed by atoms with Crippen molar-refractivity contribution >= 4 is 23.5 Å². The summed E-state index contributed by atoms with van der Waals surface area (Å²) in [6.07, 6.45) is -0.111. The predicted octanol–water partition coefficient (Wildman–Crippen LogP) is 4.54. The minimum atomic E-state index is -4.83. The van der Waals surface area contributed by atoms with Gasteiger partial charge in [0.15, 0.2) is 11.5 Å². The fourth-order valence-corrected chi connectivity index (χ4v) is 2.57. The van der Waals surface area contributed by atoms with Gasteiger partial charge in [-0.2, -0.15) is 18.3 Å². The molecule has 3 rings (SSSR count). The Balaban J connectivity index is 1.64. The summed E-state index contributed by atoms with van der Waals surface area (Å²) in [5.41, 5.74) is -1.46. The number of anilines is 1. The molecule has 3 aromatic rings. The number of hydrogen-bond donors (Lipinski definition) is 1. The van der Waals surface area contributed by atoms with Gasteiger partial charge in [-0.15, -0.1) is 0 Å². The molecular weight excluding hydrogens is 406 g/mol. The fourth-order valence-electron chi connectivity index (χ4n) is 2.57. The molecule has 0 saturated heterocycles. The predicted molar refractivity (Wildman–Crippen MR) is 99.1 cm³/mol. The Labute approximate surface area is 167 Å². The highest BCUT2D eigenvalue weighted by atomic mass is 19.4. The van der Waals surface area contributed by atoms with E-state index in [-0.39, 0.29) is 23.7 Å². The van der Waals surface area contributed by atoms with E-state index < -0.39 is 23.5 Å². The Bertz CT molecular complexity index is 1110. The molecule has 0 aliphatic rings. The van der Waals surface area contributed by atoms with Crippen LogP contribution in [0.15, 0.2) is 53.2 Å². The summed E-state index contributed by atoms with van der Waals surface area (Å²) in [6, 6.07) is 5.98. The maximum absolute atomic E-state index is 14.0. The van der Waals surface area contributed by atoms with Gasteiger partial charge >= 0.3 is 6.18 Å². The number of carbonyl (C=O) groups excluding carboxylic acids is 2. The second-order valence-electron chi connectivity index (χ2n) is 6.28. The van der Waals surface area contributed by atoms with Gasteiger partial charge in [0.25, 0.3) is 0 Å². The highest BCUT2D eigenvalue weighted by molar-refractivity contribution is 6.01. The lowest BCUT2D eigenvalue weighted by Crippen LogP contribution is -2.09. The monoisotopic (exact) mass is 421 g/mol. The molecule has 2 aromatic heterocycles. The van der Waals surface area contributed by atoms with Gasteiger partial charge in [0, 0.05) is 24.8 Å². The highest BCUT2D eigenvalue weighted by Crippen LogP contribution is 2.32. The van der Waals surface area contributed by atoms with Gasteiger partial charge < -0.3 is 9.73 Å². The third-order valence-electron chi connectivity index (χ3n) is 3.98. The molecule has 1 aromatic carbocycles. The first-order valence-electron chi connectivity index (χ1n) is 8.60. The van der Waals surface area contributed by atoms with Crippen molar-refractivity contribution in [3.63, 3.8) is 0 Å². The quantitative estimate of drug-likeness (QED) is 0.360. The van der Waals surface area contributed by atoms with Crippen LogP contribution in [-0.4, -0.2) is 21.5 Å². The first kappa shape index (κ1) is 21.0. The van der Waals surface area contributed by atoms with Gasteiger partial charge in [-0.25, -0.2) is 4.39 Å². The number of furan rings is 1. The molecule has 156 valence electrons. The van der Waals surface area contributed by atoms with E-state index >= 15 is 0 Å². The molecule has 6 nitrogen and oxygen atoms in total. The van der Waals surface area contributed by atoms with E-state index in [0.29, 0.717) is 17.5 Å². The van der Waals surface area contributed by atoms with Crippen LogP contribution in [0.2, 0.25) is 0 Å². The molecule has 0 unspecified atom stereocenters. The first-order chi connectivity index (χ1) is 14.1. The molecule has 0 aliphatic carbocycles. The molecule has 0 radical (unpaired) electrons. The summed E-state index contributed by atoms with van der Waals surface area (Å²) in [7, 11) is 0. The van der Waals surface area contributed by atoms with Crippen LogP contribution >= 0.6 is 0 Å². The number of Topliss-reactive ketones (excluding diaryl/α,β-unsaturated/α-hetero) is 1. The van der Waals surface area contributed by atoms with Crippen LogP contribution in [-0.2, 0) is 17.5 Å². The maximum atomic E-state index is 14.0. The number of hydrogen-bond acceptors (Lipinski definition) is 4. The molecule has 0 spiro atoms. The van der Waals surface area contributed by atoms with Crippen molar-refractivity contribution in [2.24, 2.45) is 0 Å². The third-order valence-corrected chi connectivity index (χ3v) is 3.98. The normalized spacial score (nSPS) is 11.8. The molecule has 0 bridgehead atoms. The molecule has 1 N–H and O–H groups in total. The average molecular weight is 421 g/mol. The number of nitrogens with zero attached hydrogens (tertiary/aromatic N) is 2. The number of amides is 1. The Hall–Kier alpha value is -3.69.